The number of rotatable bonds is 12. The lowest BCUT2D eigenvalue weighted by molar-refractivity contribution is -0.138. The van der Waals surface area contributed by atoms with E-state index in [1.165, 1.54) is 17.0 Å². The van der Waals surface area contributed by atoms with E-state index in [0.29, 0.717) is 23.1 Å². The van der Waals surface area contributed by atoms with Crippen molar-refractivity contribution in [1.29, 1.82) is 0 Å². The number of benzene rings is 3. The number of aryl methyl sites for hydroxylation is 1. The lowest BCUT2D eigenvalue weighted by atomic mass is 10.1. The third-order valence-corrected chi connectivity index (χ3v) is 8.60. The first-order valence-electron chi connectivity index (χ1n) is 12.9. The van der Waals surface area contributed by atoms with Crippen LogP contribution in [0.5, 0.6) is 0 Å². The van der Waals surface area contributed by atoms with Crippen LogP contribution in [0, 0.1) is 12.8 Å². The molecule has 9 heteroatoms. The number of nitrogens with one attached hydrogen (secondary N) is 1. The van der Waals surface area contributed by atoms with E-state index in [1.54, 1.807) is 43.3 Å². The zero-order chi connectivity index (χ0) is 28.6. The van der Waals surface area contributed by atoms with Crippen LogP contribution in [0.4, 0.5) is 5.69 Å². The van der Waals surface area contributed by atoms with Gasteiger partial charge in [-0.2, -0.15) is 0 Å². The number of amides is 2. The smallest absolute Gasteiger partial charge is 0.264 e. The average Bonchev–Trinajstić information content (AvgIpc) is 2.91. The van der Waals surface area contributed by atoms with Crippen molar-refractivity contribution in [3.05, 3.63) is 94.5 Å². The minimum Gasteiger partial charge on any atom is -0.354 e. The zero-order valence-electron chi connectivity index (χ0n) is 22.8. The summed E-state index contributed by atoms with van der Waals surface area (Å²) in [5.74, 6) is -0.490. The molecule has 3 aromatic rings. The van der Waals surface area contributed by atoms with Crippen molar-refractivity contribution in [1.82, 2.24) is 10.2 Å². The van der Waals surface area contributed by atoms with Crippen LogP contribution in [0.2, 0.25) is 0 Å². The van der Waals surface area contributed by atoms with Gasteiger partial charge in [0.25, 0.3) is 10.0 Å². The Kier molecular flexibility index (Phi) is 10.7. The van der Waals surface area contributed by atoms with Gasteiger partial charge in [0.1, 0.15) is 12.6 Å². The van der Waals surface area contributed by atoms with Crippen LogP contribution in [-0.2, 0) is 26.0 Å². The second-order valence-electron chi connectivity index (χ2n) is 9.94. The summed E-state index contributed by atoms with van der Waals surface area (Å²) in [4.78, 5) is 28.4. The lowest BCUT2D eigenvalue weighted by Gasteiger charge is -2.32. The Morgan fingerprint density at radius 2 is 1.59 bits per heavy atom. The topological polar surface area (TPSA) is 86.8 Å². The SMILES string of the molecule is Cc1ccc(S(=O)(=O)N(CC(=O)N(CCc2ccccc2)C(C)C(=O)NCC(C)C)c2cccc(Br)c2)cc1. The van der Waals surface area contributed by atoms with Crippen molar-refractivity contribution >= 4 is 43.5 Å². The fourth-order valence-corrected chi connectivity index (χ4v) is 5.81. The van der Waals surface area contributed by atoms with Gasteiger partial charge in [0.15, 0.2) is 0 Å². The molecule has 39 heavy (non-hydrogen) atoms. The number of nitrogens with zero attached hydrogens (tertiary/aromatic N) is 2. The Morgan fingerprint density at radius 1 is 0.923 bits per heavy atom. The molecule has 7 nitrogen and oxygen atoms in total. The maximum absolute atomic E-state index is 13.9. The molecule has 0 aliphatic rings. The Bertz CT molecular complexity index is 1360. The van der Waals surface area contributed by atoms with E-state index in [2.05, 4.69) is 21.2 Å². The van der Waals surface area contributed by atoms with Crippen LogP contribution in [0.25, 0.3) is 0 Å². The van der Waals surface area contributed by atoms with Crippen LogP contribution >= 0.6 is 15.9 Å². The molecule has 0 bridgehead atoms. The van der Waals surface area contributed by atoms with E-state index < -0.39 is 28.5 Å². The highest BCUT2D eigenvalue weighted by Gasteiger charge is 2.32. The molecule has 0 aliphatic heterocycles. The Morgan fingerprint density at radius 3 is 2.21 bits per heavy atom. The number of anilines is 1. The largest absolute Gasteiger partial charge is 0.354 e. The molecule has 208 valence electrons. The second kappa shape index (κ2) is 13.8. The van der Waals surface area contributed by atoms with Gasteiger partial charge in [0.2, 0.25) is 11.8 Å². The van der Waals surface area contributed by atoms with Gasteiger partial charge >= 0.3 is 0 Å². The highest BCUT2D eigenvalue weighted by atomic mass is 79.9. The van der Waals surface area contributed by atoms with Crippen molar-refractivity contribution in [3.8, 4) is 0 Å². The predicted octanol–water partition coefficient (Wildman–Crippen LogP) is 5.18. The molecule has 1 N–H and O–H groups in total. The first-order chi connectivity index (χ1) is 18.5. The predicted molar refractivity (Wildman–Crippen MR) is 159 cm³/mol. The molecule has 0 heterocycles. The van der Waals surface area contributed by atoms with E-state index in [1.807, 2.05) is 51.1 Å². The minimum absolute atomic E-state index is 0.0828. The minimum atomic E-state index is -4.09. The van der Waals surface area contributed by atoms with Gasteiger partial charge in [0, 0.05) is 17.6 Å². The van der Waals surface area contributed by atoms with Crippen molar-refractivity contribution in [3.63, 3.8) is 0 Å². The van der Waals surface area contributed by atoms with Crippen LogP contribution in [0.1, 0.15) is 31.9 Å². The molecule has 0 saturated heterocycles. The van der Waals surface area contributed by atoms with Crippen molar-refractivity contribution in [2.24, 2.45) is 5.92 Å². The summed E-state index contributed by atoms with van der Waals surface area (Å²) in [7, 11) is -4.09. The summed E-state index contributed by atoms with van der Waals surface area (Å²) in [6, 6.07) is 22.2. The standard InChI is InChI=1S/C30H36BrN3O4S/c1-22(2)20-32-30(36)24(4)33(18-17-25-9-6-5-7-10-25)29(35)21-34(27-12-8-11-26(31)19-27)39(37,38)28-15-13-23(3)14-16-28/h5-16,19,22,24H,17-18,20-21H2,1-4H3,(H,32,36). The highest BCUT2D eigenvalue weighted by molar-refractivity contribution is 9.10. The number of carbonyl (C=O) groups excluding carboxylic acids is 2. The Hall–Kier alpha value is -3.17. The summed E-state index contributed by atoms with van der Waals surface area (Å²) in [6.45, 7) is 7.83. The molecule has 0 aromatic heterocycles. The number of hydrogen-bond donors (Lipinski definition) is 1. The Balaban J connectivity index is 1.96. The number of carbonyl (C=O) groups is 2. The molecule has 0 radical (unpaired) electrons. The quantitative estimate of drug-likeness (QED) is 0.305. The summed E-state index contributed by atoms with van der Waals surface area (Å²) >= 11 is 3.41. The first kappa shape index (κ1) is 30.4. The van der Waals surface area contributed by atoms with Gasteiger partial charge in [-0.05, 0) is 62.1 Å². The van der Waals surface area contributed by atoms with Crippen LogP contribution in [0.15, 0.2) is 88.2 Å². The highest BCUT2D eigenvalue weighted by Crippen LogP contribution is 2.27. The van der Waals surface area contributed by atoms with Gasteiger partial charge in [-0.15, -0.1) is 0 Å². The summed E-state index contributed by atoms with van der Waals surface area (Å²) in [6.07, 6.45) is 0.524. The molecular weight excluding hydrogens is 578 g/mol. The van der Waals surface area contributed by atoms with Gasteiger partial charge in [-0.3, -0.25) is 13.9 Å². The van der Waals surface area contributed by atoms with Crippen molar-refractivity contribution < 1.29 is 18.0 Å². The fraction of sp³-hybridized carbons (Fsp3) is 0.333. The number of sulfonamides is 1. The molecule has 0 aliphatic carbocycles. The second-order valence-corrected chi connectivity index (χ2v) is 12.7. The number of hydrogen-bond acceptors (Lipinski definition) is 4. The fourth-order valence-electron chi connectivity index (χ4n) is 4.02. The van der Waals surface area contributed by atoms with E-state index in [-0.39, 0.29) is 23.3 Å². The normalized spacial score (nSPS) is 12.2. The third-order valence-electron chi connectivity index (χ3n) is 6.32. The van der Waals surface area contributed by atoms with Gasteiger partial charge in [0.05, 0.1) is 10.6 Å². The van der Waals surface area contributed by atoms with E-state index >= 15 is 0 Å². The van der Waals surface area contributed by atoms with Gasteiger partial charge in [-0.1, -0.05) is 83.9 Å². The van der Waals surface area contributed by atoms with Crippen LogP contribution < -0.4 is 9.62 Å². The molecule has 3 rings (SSSR count). The summed E-state index contributed by atoms with van der Waals surface area (Å²) in [5.41, 5.74) is 2.28. The monoisotopic (exact) mass is 613 g/mol. The van der Waals surface area contributed by atoms with E-state index in [4.69, 9.17) is 0 Å². The van der Waals surface area contributed by atoms with Crippen molar-refractivity contribution in [2.75, 3.05) is 23.9 Å². The molecule has 1 unspecified atom stereocenters. The summed E-state index contributed by atoms with van der Waals surface area (Å²) in [5, 5.41) is 2.90. The first-order valence-corrected chi connectivity index (χ1v) is 15.2. The molecule has 0 spiro atoms. The molecule has 1 atom stereocenters. The maximum atomic E-state index is 13.9. The average molecular weight is 615 g/mol. The zero-order valence-corrected chi connectivity index (χ0v) is 25.2. The van der Waals surface area contributed by atoms with E-state index in [9.17, 15) is 18.0 Å². The van der Waals surface area contributed by atoms with Gasteiger partial charge < -0.3 is 10.2 Å². The van der Waals surface area contributed by atoms with Crippen LogP contribution in [-0.4, -0.2) is 50.8 Å². The Labute approximate surface area is 240 Å². The summed E-state index contributed by atoms with van der Waals surface area (Å²) < 4.78 is 29.5. The van der Waals surface area contributed by atoms with Crippen LogP contribution in [0.3, 0.4) is 0 Å². The number of halogens is 1. The molecule has 3 aromatic carbocycles. The molecule has 0 fully saturated rings. The maximum Gasteiger partial charge on any atom is 0.264 e. The van der Waals surface area contributed by atoms with Crippen molar-refractivity contribution in [2.45, 2.75) is 45.1 Å². The molecular formula is C30H36BrN3O4S. The molecule has 0 saturated carbocycles. The lowest BCUT2D eigenvalue weighted by Crippen LogP contribution is -2.52. The van der Waals surface area contributed by atoms with E-state index in [0.717, 1.165) is 15.4 Å². The third kappa shape index (κ3) is 8.41. The molecule has 2 amide bonds. The van der Waals surface area contributed by atoms with Gasteiger partial charge in [-0.25, -0.2) is 8.42 Å².